The fourth-order valence-electron chi connectivity index (χ4n) is 5.72. The quantitative estimate of drug-likeness (QED) is 0.630. The van der Waals surface area contributed by atoms with Gasteiger partial charge in [-0.05, 0) is 90.1 Å². The molecule has 1 aromatic heterocycles. The average molecular weight is 355 g/mol. The Hall–Kier alpha value is 0.1000. The van der Waals surface area contributed by atoms with Crippen LogP contribution in [0.3, 0.4) is 0 Å². The van der Waals surface area contributed by atoms with Crippen molar-refractivity contribution in [3.8, 4) is 0 Å². The molecule has 1 heterocycles. The molecule has 5 rings (SSSR count). The molecule has 4 fully saturated rings. The van der Waals surface area contributed by atoms with Gasteiger partial charge in [-0.2, -0.15) is 0 Å². The Balaban J connectivity index is 1.57. The second-order valence-corrected chi connectivity index (χ2v) is 9.35. The van der Waals surface area contributed by atoms with Gasteiger partial charge in [-0.25, -0.2) is 0 Å². The lowest BCUT2D eigenvalue weighted by atomic mass is 9.47. The van der Waals surface area contributed by atoms with Crippen LogP contribution >= 0.6 is 27.3 Å². The smallest absolute Gasteiger partial charge is 0.0315 e. The number of hydrazine groups is 1. The normalized spacial score (nSPS) is 40.2. The third-order valence-electron chi connectivity index (χ3n) is 6.05. The fraction of sp³-hybridized carbons (Fsp3) is 0.750. The molecule has 4 saturated carbocycles. The van der Waals surface area contributed by atoms with Gasteiger partial charge < -0.3 is 0 Å². The zero-order valence-corrected chi connectivity index (χ0v) is 14.2. The molecule has 1 unspecified atom stereocenters. The highest BCUT2D eigenvalue weighted by Gasteiger charge is 2.53. The fourth-order valence-corrected chi connectivity index (χ4v) is 7.22. The van der Waals surface area contributed by atoms with Crippen LogP contribution in [0.15, 0.2) is 15.9 Å². The monoisotopic (exact) mass is 354 g/mol. The number of nitrogens with one attached hydrogen (secondary N) is 1. The highest BCUT2D eigenvalue weighted by atomic mass is 79.9. The number of hydrogen-bond acceptors (Lipinski definition) is 3. The highest BCUT2D eigenvalue weighted by molar-refractivity contribution is 9.10. The molecule has 20 heavy (non-hydrogen) atoms. The van der Waals surface area contributed by atoms with Gasteiger partial charge in [0.15, 0.2) is 0 Å². The van der Waals surface area contributed by atoms with Crippen LogP contribution in [0.5, 0.6) is 0 Å². The Bertz CT molecular complexity index is 463. The third-order valence-corrected chi connectivity index (χ3v) is 7.77. The average Bonchev–Trinajstić information content (AvgIpc) is 2.80. The predicted octanol–water partition coefficient (Wildman–Crippen LogP) is 4.10. The minimum Gasteiger partial charge on any atom is -0.271 e. The first-order chi connectivity index (χ1) is 9.67. The van der Waals surface area contributed by atoms with Crippen molar-refractivity contribution in [1.29, 1.82) is 0 Å². The Labute approximate surface area is 133 Å². The minimum absolute atomic E-state index is 0.460. The number of nitrogens with two attached hydrogens (primary N) is 1. The van der Waals surface area contributed by atoms with Crippen LogP contribution in [0, 0.1) is 23.2 Å². The van der Waals surface area contributed by atoms with Crippen molar-refractivity contribution >= 4 is 27.3 Å². The molecule has 1 aromatic rings. The summed E-state index contributed by atoms with van der Waals surface area (Å²) < 4.78 is 1.21. The summed E-state index contributed by atoms with van der Waals surface area (Å²) in [6, 6.07) is 2.72. The first-order valence-corrected chi connectivity index (χ1v) is 9.53. The van der Waals surface area contributed by atoms with Crippen LogP contribution in [0.4, 0.5) is 0 Å². The molecule has 3 N–H and O–H groups in total. The van der Waals surface area contributed by atoms with Gasteiger partial charge in [0.05, 0.1) is 0 Å². The standard InChI is InChI=1S/C16H23BrN2S/c17-13-4-14(20-9-13)5-15(19-18)16-6-10-1-11(7-16)3-12(2-10)8-16/h4,9-12,15,19H,1-3,5-8,18H2. The summed E-state index contributed by atoms with van der Waals surface area (Å²) in [5, 5.41) is 2.18. The van der Waals surface area contributed by atoms with E-state index < -0.39 is 0 Å². The Morgan fingerprint density at radius 3 is 2.30 bits per heavy atom. The lowest BCUT2D eigenvalue weighted by Gasteiger charge is -2.59. The maximum atomic E-state index is 5.99. The second-order valence-electron chi connectivity index (χ2n) is 7.43. The lowest BCUT2D eigenvalue weighted by molar-refractivity contribution is -0.0736. The molecule has 0 amide bonds. The van der Waals surface area contributed by atoms with Gasteiger partial charge in [0.25, 0.3) is 0 Å². The first kappa shape index (κ1) is 13.7. The molecular weight excluding hydrogens is 332 g/mol. The van der Waals surface area contributed by atoms with Crippen LogP contribution in [-0.4, -0.2) is 6.04 Å². The Morgan fingerprint density at radius 2 is 1.85 bits per heavy atom. The second kappa shape index (κ2) is 5.08. The van der Waals surface area contributed by atoms with Gasteiger partial charge in [0.1, 0.15) is 0 Å². The maximum absolute atomic E-state index is 5.99. The van der Waals surface area contributed by atoms with Crippen molar-refractivity contribution in [3.63, 3.8) is 0 Å². The van der Waals surface area contributed by atoms with Crippen LogP contribution in [-0.2, 0) is 6.42 Å². The van der Waals surface area contributed by atoms with Crippen molar-refractivity contribution in [2.24, 2.45) is 29.0 Å². The molecule has 4 aliphatic carbocycles. The Kier molecular flexibility index (Phi) is 3.49. The molecule has 0 saturated heterocycles. The summed E-state index contributed by atoms with van der Waals surface area (Å²) >= 11 is 5.42. The molecule has 0 aromatic carbocycles. The van der Waals surface area contributed by atoms with Gasteiger partial charge >= 0.3 is 0 Å². The number of rotatable bonds is 4. The van der Waals surface area contributed by atoms with Gasteiger partial charge in [-0.3, -0.25) is 11.3 Å². The number of hydrogen-bond donors (Lipinski definition) is 2. The van der Waals surface area contributed by atoms with Gasteiger partial charge in [0.2, 0.25) is 0 Å². The van der Waals surface area contributed by atoms with Crippen molar-refractivity contribution in [3.05, 3.63) is 20.8 Å². The summed E-state index contributed by atoms with van der Waals surface area (Å²) in [6.45, 7) is 0. The number of halogens is 1. The molecule has 0 aliphatic heterocycles. The minimum atomic E-state index is 0.460. The van der Waals surface area contributed by atoms with Gasteiger partial charge in [-0.1, -0.05) is 0 Å². The van der Waals surface area contributed by atoms with E-state index in [1.807, 2.05) is 11.3 Å². The van der Waals surface area contributed by atoms with Crippen molar-refractivity contribution in [1.82, 2.24) is 5.43 Å². The van der Waals surface area contributed by atoms with Crippen LogP contribution in [0.1, 0.15) is 43.4 Å². The zero-order valence-electron chi connectivity index (χ0n) is 11.8. The summed E-state index contributed by atoms with van der Waals surface area (Å²) in [4.78, 5) is 1.45. The maximum Gasteiger partial charge on any atom is 0.0315 e. The molecule has 4 bridgehead atoms. The summed E-state index contributed by atoms with van der Waals surface area (Å²) in [7, 11) is 0. The number of thiophene rings is 1. The van der Waals surface area contributed by atoms with E-state index in [1.165, 1.54) is 47.9 Å². The van der Waals surface area contributed by atoms with E-state index in [0.717, 1.165) is 24.2 Å². The van der Waals surface area contributed by atoms with Gasteiger partial charge in [-0.15, -0.1) is 11.3 Å². The van der Waals surface area contributed by atoms with Crippen LogP contribution in [0.25, 0.3) is 0 Å². The van der Waals surface area contributed by atoms with Crippen molar-refractivity contribution in [2.75, 3.05) is 0 Å². The van der Waals surface area contributed by atoms with E-state index >= 15 is 0 Å². The van der Waals surface area contributed by atoms with Gasteiger partial charge in [0, 0.05) is 20.8 Å². The first-order valence-electron chi connectivity index (χ1n) is 7.86. The summed E-state index contributed by atoms with van der Waals surface area (Å²) in [5.41, 5.74) is 3.69. The molecule has 0 spiro atoms. The van der Waals surface area contributed by atoms with Crippen molar-refractivity contribution < 1.29 is 0 Å². The molecule has 4 aliphatic rings. The van der Waals surface area contributed by atoms with Crippen LogP contribution in [0.2, 0.25) is 0 Å². The van der Waals surface area contributed by atoms with E-state index in [9.17, 15) is 0 Å². The van der Waals surface area contributed by atoms with E-state index in [1.54, 1.807) is 0 Å². The summed E-state index contributed by atoms with van der Waals surface area (Å²) in [5.74, 6) is 8.97. The van der Waals surface area contributed by atoms with E-state index in [0.29, 0.717) is 11.5 Å². The molecule has 4 heteroatoms. The SMILES string of the molecule is NNC(Cc1cc(Br)cs1)C12CC3CC(CC(C3)C1)C2. The third kappa shape index (κ3) is 2.29. The largest absolute Gasteiger partial charge is 0.271 e. The van der Waals surface area contributed by atoms with E-state index in [2.05, 4.69) is 32.8 Å². The molecule has 1 atom stereocenters. The van der Waals surface area contributed by atoms with E-state index in [4.69, 9.17) is 5.84 Å². The van der Waals surface area contributed by atoms with Crippen molar-refractivity contribution in [2.45, 2.75) is 51.0 Å². The topological polar surface area (TPSA) is 38.0 Å². The predicted molar refractivity (Wildman–Crippen MR) is 87.4 cm³/mol. The Morgan fingerprint density at radius 1 is 1.25 bits per heavy atom. The van der Waals surface area contributed by atoms with E-state index in [-0.39, 0.29) is 0 Å². The molecule has 0 radical (unpaired) electrons. The summed E-state index contributed by atoms with van der Waals surface area (Å²) in [6.07, 6.45) is 9.85. The highest BCUT2D eigenvalue weighted by Crippen LogP contribution is 2.61. The zero-order chi connectivity index (χ0) is 13.7. The lowest BCUT2D eigenvalue weighted by Crippen LogP contribution is -2.58. The molecule has 110 valence electrons. The molecular formula is C16H23BrN2S. The molecule has 2 nitrogen and oxygen atoms in total. The van der Waals surface area contributed by atoms with Crippen LogP contribution < -0.4 is 11.3 Å².